The summed E-state index contributed by atoms with van der Waals surface area (Å²) in [5.41, 5.74) is 0. The maximum atomic E-state index is 11.0. The van der Waals surface area contributed by atoms with E-state index in [2.05, 4.69) is 15.0 Å². The van der Waals surface area contributed by atoms with Gasteiger partial charge in [0.25, 0.3) is 0 Å². The van der Waals surface area contributed by atoms with Crippen LogP contribution < -0.4 is 14.8 Å². The van der Waals surface area contributed by atoms with E-state index >= 15 is 0 Å². The maximum Gasteiger partial charge on any atom is 0.208 e. The number of sulfonamides is 1. The van der Waals surface area contributed by atoms with Crippen LogP contribution in [0.2, 0.25) is 5.02 Å². The lowest BCUT2D eigenvalue weighted by atomic mass is 10.3. The van der Waals surface area contributed by atoms with Crippen LogP contribution in [-0.2, 0) is 10.0 Å². The smallest absolute Gasteiger partial charge is 0.208 e. The fraction of sp³-hybridized carbons (Fsp3) is 0.533. The van der Waals surface area contributed by atoms with Crippen LogP contribution in [0.5, 0.6) is 5.75 Å². The van der Waals surface area contributed by atoms with Crippen molar-refractivity contribution in [2.75, 3.05) is 46.1 Å². The molecule has 2 N–H and O–H groups in total. The number of likely N-dealkylation sites (N-methyl/N-ethyl adjacent to an activating group) is 1. The van der Waals surface area contributed by atoms with Crippen LogP contribution in [-0.4, -0.2) is 65.4 Å². The van der Waals surface area contributed by atoms with Crippen LogP contribution in [0.1, 0.15) is 6.92 Å². The first-order valence-electron chi connectivity index (χ1n) is 7.64. The number of benzene rings is 1. The topological polar surface area (TPSA) is 83.0 Å². The molecule has 0 saturated carbocycles. The van der Waals surface area contributed by atoms with Gasteiger partial charge in [0.1, 0.15) is 12.4 Å². The van der Waals surface area contributed by atoms with Gasteiger partial charge in [0.15, 0.2) is 5.96 Å². The Bertz CT molecular complexity index is 643. The van der Waals surface area contributed by atoms with Gasteiger partial charge in [-0.15, -0.1) is 24.0 Å². The average Bonchev–Trinajstić information content (AvgIpc) is 2.49. The van der Waals surface area contributed by atoms with Crippen molar-refractivity contribution >= 4 is 51.6 Å². The summed E-state index contributed by atoms with van der Waals surface area (Å²) in [5.74, 6) is 1.41. The zero-order valence-electron chi connectivity index (χ0n) is 14.7. The number of aliphatic imine (C=N–C) groups is 1. The molecule has 0 bridgehead atoms. The van der Waals surface area contributed by atoms with Gasteiger partial charge in [0.05, 0.1) is 19.3 Å². The van der Waals surface area contributed by atoms with Gasteiger partial charge in [0.2, 0.25) is 10.0 Å². The van der Waals surface area contributed by atoms with Crippen molar-refractivity contribution in [2.24, 2.45) is 4.99 Å². The second kappa shape index (κ2) is 12.6. The number of nitrogens with one attached hydrogen (secondary N) is 2. The van der Waals surface area contributed by atoms with E-state index in [1.807, 2.05) is 31.0 Å². The summed E-state index contributed by atoms with van der Waals surface area (Å²) in [4.78, 5) is 6.31. The molecular weight excluding hydrogens is 479 g/mol. The number of ether oxygens (including phenoxy) is 1. The Balaban J connectivity index is 0.00000576. The second-order valence-electron chi connectivity index (χ2n) is 5.13. The lowest BCUT2D eigenvalue weighted by Crippen LogP contribution is -2.41. The largest absolute Gasteiger partial charge is 0.492 e. The van der Waals surface area contributed by atoms with Crippen LogP contribution >= 0.6 is 35.6 Å². The first-order chi connectivity index (χ1) is 11.3. The van der Waals surface area contributed by atoms with Gasteiger partial charge in [-0.05, 0) is 25.1 Å². The highest BCUT2D eigenvalue weighted by atomic mass is 127. The summed E-state index contributed by atoms with van der Waals surface area (Å²) in [6.07, 6.45) is 1.13. The van der Waals surface area contributed by atoms with Gasteiger partial charge in [-0.25, -0.2) is 13.1 Å². The Morgan fingerprint density at radius 1 is 1.40 bits per heavy atom. The highest BCUT2D eigenvalue weighted by molar-refractivity contribution is 14.0. The number of nitrogens with zero attached hydrogens (tertiary/aromatic N) is 2. The average molecular weight is 505 g/mol. The summed E-state index contributed by atoms with van der Waals surface area (Å²) >= 11 is 5.91. The highest BCUT2D eigenvalue weighted by Gasteiger charge is 2.06. The number of rotatable bonds is 9. The van der Waals surface area contributed by atoms with Gasteiger partial charge in [-0.2, -0.15) is 0 Å². The second-order valence-corrected chi connectivity index (χ2v) is 7.40. The summed E-state index contributed by atoms with van der Waals surface area (Å²) in [6, 6.07) is 7.24. The number of hydrogen-bond donors (Lipinski definition) is 2. The molecule has 0 heterocycles. The predicted octanol–water partition coefficient (Wildman–Crippen LogP) is 1.78. The molecule has 1 rings (SSSR count). The number of guanidine groups is 1. The standard InChI is InChI=1S/C15H25ClN4O3S.HI/c1-4-17-15(18-8-9-19-24(3,21)22)20(2)10-11-23-14-7-5-6-13(16)12-14;/h5-7,12,19H,4,8-11H2,1-3H3,(H,17,18);1H. The molecule has 0 radical (unpaired) electrons. The molecule has 0 atom stereocenters. The van der Waals surface area contributed by atoms with Crippen LogP contribution in [0.3, 0.4) is 0 Å². The van der Waals surface area contributed by atoms with Crippen LogP contribution in [0, 0.1) is 0 Å². The minimum Gasteiger partial charge on any atom is -0.492 e. The summed E-state index contributed by atoms with van der Waals surface area (Å²) in [5, 5.41) is 3.79. The quantitative estimate of drug-likeness (QED) is 0.232. The van der Waals surface area contributed by atoms with Gasteiger partial charge < -0.3 is 15.0 Å². The molecule has 10 heteroatoms. The van der Waals surface area contributed by atoms with Crippen molar-refractivity contribution < 1.29 is 13.2 Å². The lowest BCUT2D eigenvalue weighted by Gasteiger charge is -2.22. The molecule has 0 saturated heterocycles. The zero-order chi connectivity index (χ0) is 18.0. The number of halogens is 2. The molecule has 0 aliphatic heterocycles. The molecule has 0 amide bonds. The molecule has 0 aromatic heterocycles. The third-order valence-electron chi connectivity index (χ3n) is 2.93. The Hall–Kier alpha value is -0.780. The molecule has 7 nitrogen and oxygen atoms in total. The molecule has 0 aliphatic rings. The van der Waals surface area contributed by atoms with Crippen molar-refractivity contribution in [3.8, 4) is 5.75 Å². The third-order valence-corrected chi connectivity index (χ3v) is 3.89. The van der Waals surface area contributed by atoms with Crippen LogP contribution in [0.25, 0.3) is 0 Å². The van der Waals surface area contributed by atoms with Crippen LogP contribution in [0.4, 0.5) is 0 Å². The van der Waals surface area contributed by atoms with Gasteiger partial charge >= 0.3 is 0 Å². The Morgan fingerprint density at radius 3 is 2.72 bits per heavy atom. The van der Waals surface area contributed by atoms with Gasteiger partial charge in [-0.3, -0.25) is 4.99 Å². The minimum absolute atomic E-state index is 0. The summed E-state index contributed by atoms with van der Waals surface area (Å²) in [7, 11) is -1.29. The molecule has 0 spiro atoms. The minimum atomic E-state index is -3.19. The predicted molar refractivity (Wildman–Crippen MR) is 114 cm³/mol. The maximum absolute atomic E-state index is 11.0. The van der Waals surface area contributed by atoms with Crippen molar-refractivity contribution in [2.45, 2.75) is 6.92 Å². The molecule has 0 unspecified atom stereocenters. The monoisotopic (exact) mass is 504 g/mol. The third kappa shape index (κ3) is 11.4. The van der Waals surface area contributed by atoms with Crippen LogP contribution in [0.15, 0.2) is 29.3 Å². The Kier molecular flexibility index (Phi) is 12.2. The van der Waals surface area contributed by atoms with E-state index in [9.17, 15) is 8.42 Å². The first-order valence-corrected chi connectivity index (χ1v) is 9.91. The Morgan fingerprint density at radius 2 is 2.12 bits per heavy atom. The van der Waals surface area contributed by atoms with E-state index in [4.69, 9.17) is 16.3 Å². The fourth-order valence-corrected chi connectivity index (χ4v) is 2.47. The molecular formula is C15H26ClIN4O3S. The van der Waals surface area contributed by atoms with E-state index in [-0.39, 0.29) is 30.5 Å². The molecule has 0 fully saturated rings. The summed E-state index contributed by atoms with van der Waals surface area (Å²) in [6.45, 7) is 4.41. The molecule has 1 aromatic rings. The molecule has 144 valence electrons. The van der Waals surface area contributed by atoms with E-state index in [1.165, 1.54) is 0 Å². The number of hydrogen-bond acceptors (Lipinski definition) is 4. The highest BCUT2D eigenvalue weighted by Crippen LogP contribution is 2.16. The van der Waals surface area contributed by atoms with E-state index in [0.29, 0.717) is 30.7 Å². The Labute approximate surface area is 172 Å². The van der Waals surface area contributed by atoms with Gasteiger partial charge in [-0.1, -0.05) is 17.7 Å². The molecule has 25 heavy (non-hydrogen) atoms. The van der Waals surface area contributed by atoms with Crippen molar-refractivity contribution in [3.63, 3.8) is 0 Å². The SMILES string of the molecule is CCNC(=NCCNS(C)(=O)=O)N(C)CCOc1cccc(Cl)c1.I. The van der Waals surface area contributed by atoms with Crippen molar-refractivity contribution in [3.05, 3.63) is 29.3 Å². The zero-order valence-corrected chi connectivity index (χ0v) is 18.6. The van der Waals surface area contributed by atoms with Crippen molar-refractivity contribution in [1.29, 1.82) is 0 Å². The molecule has 0 aliphatic carbocycles. The van der Waals surface area contributed by atoms with Gasteiger partial charge in [0, 0.05) is 25.2 Å². The van der Waals surface area contributed by atoms with E-state index < -0.39 is 10.0 Å². The normalized spacial score (nSPS) is 11.6. The first kappa shape index (κ1) is 24.2. The van der Waals surface area contributed by atoms with Crippen molar-refractivity contribution in [1.82, 2.24) is 14.9 Å². The molecule has 1 aromatic carbocycles. The fourth-order valence-electron chi connectivity index (χ4n) is 1.83. The summed E-state index contributed by atoms with van der Waals surface area (Å²) < 4.78 is 30.1. The lowest BCUT2D eigenvalue weighted by molar-refractivity contribution is 0.281. The van der Waals surface area contributed by atoms with E-state index in [0.717, 1.165) is 18.6 Å². The van der Waals surface area contributed by atoms with E-state index in [1.54, 1.807) is 12.1 Å².